The Morgan fingerprint density at radius 1 is 1.07 bits per heavy atom. The quantitative estimate of drug-likeness (QED) is 0.769. The first-order chi connectivity index (χ1) is 14.3. The topological polar surface area (TPSA) is 94.4 Å². The number of hydrogen-bond acceptors (Lipinski definition) is 6. The van der Waals surface area contributed by atoms with Gasteiger partial charge in [-0.2, -0.15) is 5.11 Å². The molecule has 2 aliphatic rings. The molecule has 0 spiro atoms. The molecule has 0 aliphatic carbocycles. The van der Waals surface area contributed by atoms with E-state index < -0.39 is 29.7 Å². The molecule has 1 saturated heterocycles. The summed E-state index contributed by atoms with van der Waals surface area (Å²) in [6.07, 6.45) is 0. The Balaban J connectivity index is 1.44. The first-order valence-corrected chi connectivity index (χ1v) is 9.56. The summed E-state index contributed by atoms with van der Waals surface area (Å²) in [6.45, 7) is 3.93. The third-order valence-corrected chi connectivity index (χ3v) is 5.11. The van der Waals surface area contributed by atoms with E-state index in [2.05, 4.69) is 29.5 Å². The lowest BCUT2D eigenvalue weighted by atomic mass is 10.0. The van der Waals surface area contributed by atoms with Crippen LogP contribution in [0, 0.1) is 5.82 Å². The molecule has 2 aromatic carbocycles. The molecule has 2 aliphatic heterocycles. The van der Waals surface area contributed by atoms with Crippen molar-refractivity contribution in [2.45, 2.75) is 31.8 Å². The Morgan fingerprint density at radius 2 is 1.73 bits per heavy atom. The number of carbonyl (C=O) groups is 3. The third kappa shape index (κ3) is 3.54. The van der Waals surface area contributed by atoms with Gasteiger partial charge in [-0.15, -0.1) is 0 Å². The van der Waals surface area contributed by atoms with Gasteiger partial charge in [-0.1, -0.05) is 31.2 Å². The van der Waals surface area contributed by atoms with E-state index in [1.165, 1.54) is 29.3 Å². The van der Waals surface area contributed by atoms with Gasteiger partial charge in [0, 0.05) is 5.69 Å². The predicted molar refractivity (Wildman–Crippen MR) is 107 cm³/mol. The summed E-state index contributed by atoms with van der Waals surface area (Å²) >= 11 is 0. The summed E-state index contributed by atoms with van der Waals surface area (Å²) in [4.78, 5) is 38.9. The molecule has 2 atom stereocenters. The molecule has 9 heteroatoms. The van der Waals surface area contributed by atoms with Crippen LogP contribution in [0.3, 0.4) is 0 Å². The normalized spacial score (nSPS) is 20.3. The number of nitrogens with zero attached hydrogens (tertiary/aromatic N) is 4. The molecule has 0 unspecified atom stereocenters. The fourth-order valence-corrected chi connectivity index (χ4v) is 3.50. The Kier molecular flexibility index (Phi) is 5.03. The minimum absolute atomic E-state index is 0.229. The van der Waals surface area contributed by atoms with Gasteiger partial charge in [-0.25, -0.2) is 9.29 Å². The molecule has 30 heavy (non-hydrogen) atoms. The number of fused-ring (bicyclic) bond motifs is 1. The molecule has 2 heterocycles. The van der Waals surface area contributed by atoms with Crippen molar-refractivity contribution in [3.05, 3.63) is 59.9 Å². The zero-order valence-electron chi connectivity index (χ0n) is 16.4. The lowest BCUT2D eigenvalue weighted by Gasteiger charge is -2.20. The Hall–Kier alpha value is -3.62. The fraction of sp³-hybridized carbons (Fsp3) is 0.286. The molecule has 2 aromatic rings. The predicted octanol–water partition coefficient (Wildman–Crippen LogP) is 2.88. The van der Waals surface area contributed by atoms with Crippen molar-refractivity contribution >= 4 is 29.1 Å². The van der Waals surface area contributed by atoms with Gasteiger partial charge in [0.15, 0.2) is 12.1 Å². The highest BCUT2D eigenvalue weighted by atomic mass is 19.1. The number of halogens is 1. The summed E-state index contributed by atoms with van der Waals surface area (Å²) in [5.41, 5.74) is 2.03. The van der Waals surface area contributed by atoms with E-state index in [1.54, 1.807) is 0 Å². The maximum absolute atomic E-state index is 13.2. The number of rotatable bonds is 5. The molecule has 8 nitrogen and oxygen atoms in total. The van der Waals surface area contributed by atoms with Crippen molar-refractivity contribution in [3.63, 3.8) is 0 Å². The molecule has 0 aromatic heterocycles. The highest BCUT2D eigenvalue weighted by Gasteiger charge is 2.55. The van der Waals surface area contributed by atoms with E-state index in [1.807, 2.05) is 24.3 Å². The molecule has 0 bridgehead atoms. The summed E-state index contributed by atoms with van der Waals surface area (Å²) in [5, 5.41) is 11.7. The Morgan fingerprint density at radius 3 is 2.37 bits per heavy atom. The monoisotopic (exact) mass is 409 g/mol. The van der Waals surface area contributed by atoms with E-state index in [0.29, 0.717) is 11.6 Å². The summed E-state index contributed by atoms with van der Waals surface area (Å²) < 4.78 is 13.2. The second kappa shape index (κ2) is 7.66. The number of anilines is 2. The molecule has 154 valence electrons. The van der Waals surface area contributed by atoms with E-state index >= 15 is 0 Å². The molecular weight excluding hydrogens is 389 g/mol. The van der Waals surface area contributed by atoms with E-state index in [-0.39, 0.29) is 18.1 Å². The summed E-state index contributed by atoms with van der Waals surface area (Å²) in [6, 6.07) is 10.5. The van der Waals surface area contributed by atoms with Crippen LogP contribution < -0.4 is 10.2 Å². The third-order valence-electron chi connectivity index (χ3n) is 5.11. The average Bonchev–Trinajstić information content (AvgIpc) is 3.23. The average molecular weight is 409 g/mol. The highest BCUT2D eigenvalue weighted by molar-refractivity contribution is 6.25. The van der Waals surface area contributed by atoms with Crippen LogP contribution in [0.2, 0.25) is 0 Å². The van der Waals surface area contributed by atoms with Crippen molar-refractivity contribution in [2.24, 2.45) is 10.3 Å². The van der Waals surface area contributed by atoms with Crippen LogP contribution in [-0.2, 0) is 14.4 Å². The number of imide groups is 1. The van der Waals surface area contributed by atoms with Crippen LogP contribution in [0.15, 0.2) is 58.9 Å². The Bertz CT molecular complexity index is 1020. The van der Waals surface area contributed by atoms with Gasteiger partial charge in [0.05, 0.1) is 5.69 Å². The maximum atomic E-state index is 13.2. The Labute approximate surface area is 172 Å². The number of amides is 3. The highest BCUT2D eigenvalue weighted by Crippen LogP contribution is 2.31. The van der Waals surface area contributed by atoms with Crippen LogP contribution in [0.1, 0.15) is 25.3 Å². The first kappa shape index (κ1) is 19.7. The lowest BCUT2D eigenvalue weighted by Crippen LogP contribution is -2.43. The maximum Gasteiger partial charge on any atom is 0.263 e. The molecule has 1 fully saturated rings. The number of carbonyl (C=O) groups excluding carboxylic acids is 3. The molecule has 1 N–H and O–H groups in total. The molecule has 4 rings (SSSR count). The van der Waals surface area contributed by atoms with Crippen molar-refractivity contribution in [2.75, 3.05) is 16.8 Å². The van der Waals surface area contributed by atoms with Gasteiger partial charge in [0.1, 0.15) is 12.4 Å². The largest absolute Gasteiger partial charge is 0.324 e. The summed E-state index contributed by atoms with van der Waals surface area (Å²) in [7, 11) is 0. The van der Waals surface area contributed by atoms with Gasteiger partial charge in [-0.3, -0.25) is 19.4 Å². The van der Waals surface area contributed by atoms with Crippen molar-refractivity contribution < 1.29 is 18.8 Å². The van der Waals surface area contributed by atoms with E-state index in [9.17, 15) is 18.8 Å². The lowest BCUT2D eigenvalue weighted by molar-refractivity contribution is -0.123. The van der Waals surface area contributed by atoms with Crippen molar-refractivity contribution in [1.29, 1.82) is 0 Å². The second-order valence-corrected chi connectivity index (χ2v) is 7.51. The van der Waals surface area contributed by atoms with Crippen molar-refractivity contribution in [1.82, 2.24) is 5.01 Å². The van der Waals surface area contributed by atoms with Gasteiger partial charge < -0.3 is 5.32 Å². The molecular formula is C21H20FN5O3. The zero-order valence-corrected chi connectivity index (χ0v) is 16.4. The SMILES string of the molecule is CC(C)c1ccc(NC(=O)CN2N=N[C@H]3C(=O)N(c4ccc(F)cc4)C(=O)[C@@H]32)cc1. The van der Waals surface area contributed by atoms with Gasteiger partial charge in [-0.05, 0) is 47.9 Å². The van der Waals surface area contributed by atoms with Crippen LogP contribution in [0.4, 0.5) is 15.8 Å². The molecule has 3 amide bonds. The van der Waals surface area contributed by atoms with E-state index in [4.69, 9.17) is 0 Å². The van der Waals surface area contributed by atoms with Crippen LogP contribution >= 0.6 is 0 Å². The first-order valence-electron chi connectivity index (χ1n) is 9.56. The standard InChI is InChI=1S/C21H20FN5O3/c1-12(2)13-3-7-15(8-4-13)23-17(28)11-26-19-18(24-25-26)20(29)27(21(19)30)16-9-5-14(22)6-10-16/h3-10,12,18-19H,11H2,1-2H3,(H,23,28)/t18-,19-/m1/s1. The van der Waals surface area contributed by atoms with Gasteiger partial charge >= 0.3 is 0 Å². The number of benzene rings is 2. The van der Waals surface area contributed by atoms with Gasteiger partial charge in [0.25, 0.3) is 11.8 Å². The van der Waals surface area contributed by atoms with Crippen LogP contribution in [-0.4, -0.2) is 41.4 Å². The summed E-state index contributed by atoms with van der Waals surface area (Å²) in [5.74, 6) is -1.57. The van der Waals surface area contributed by atoms with Crippen molar-refractivity contribution in [3.8, 4) is 0 Å². The van der Waals surface area contributed by atoms with E-state index in [0.717, 1.165) is 10.5 Å². The minimum Gasteiger partial charge on any atom is -0.324 e. The van der Waals surface area contributed by atoms with Gasteiger partial charge in [0.2, 0.25) is 5.91 Å². The van der Waals surface area contributed by atoms with Crippen LogP contribution in [0.25, 0.3) is 0 Å². The second-order valence-electron chi connectivity index (χ2n) is 7.51. The number of hydrogen-bond donors (Lipinski definition) is 1. The molecule has 0 radical (unpaired) electrons. The van der Waals surface area contributed by atoms with Crippen LogP contribution in [0.5, 0.6) is 0 Å². The fourth-order valence-electron chi connectivity index (χ4n) is 3.50. The smallest absolute Gasteiger partial charge is 0.263 e. The number of nitrogens with one attached hydrogen (secondary N) is 1. The minimum atomic E-state index is -1.01. The molecule has 0 saturated carbocycles. The zero-order chi connectivity index (χ0) is 21.4.